The van der Waals surface area contributed by atoms with Crippen molar-refractivity contribution in [2.24, 2.45) is 0 Å². The van der Waals surface area contributed by atoms with Crippen molar-refractivity contribution in [2.75, 3.05) is 5.32 Å². The molecule has 0 saturated carbocycles. The van der Waals surface area contributed by atoms with Crippen molar-refractivity contribution >= 4 is 11.6 Å². The molecule has 2 aromatic carbocycles. The fourth-order valence-electron chi connectivity index (χ4n) is 3.38. The first-order chi connectivity index (χ1) is 16.9. The smallest absolute Gasteiger partial charge is 0.320 e. The van der Waals surface area contributed by atoms with Crippen LogP contribution in [0.25, 0.3) is 16.8 Å². The minimum absolute atomic E-state index is 0.0242. The van der Waals surface area contributed by atoms with Gasteiger partial charge in [-0.1, -0.05) is 18.2 Å². The molecule has 36 heavy (non-hydrogen) atoms. The molecule has 13 heteroatoms. The maximum atomic E-state index is 14.8. The van der Waals surface area contributed by atoms with Crippen molar-refractivity contribution in [2.45, 2.75) is 12.4 Å². The third-order valence-electron chi connectivity index (χ3n) is 4.94. The minimum atomic E-state index is -4.86. The number of hydrogen-bond donors (Lipinski definition) is 1. The third-order valence-corrected chi connectivity index (χ3v) is 4.94. The predicted octanol–water partition coefficient (Wildman–Crippen LogP) is 6.50. The molecule has 186 valence electrons. The Morgan fingerprint density at radius 3 is 2.14 bits per heavy atom. The van der Waals surface area contributed by atoms with Gasteiger partial charge in [0.1, 0.15) is 11.4 Å². The second kappa shape index (κ2) is 9.06. The molecule has 0 aliphatic carbocycles. The summed E-state index contributed by atoms with van der Waals surface area (Å²) in [5.74, 6) is -3.76. The molecule has 0 radical (unpaired) electrons. The van der Waals surface area contributed by atoms with Crippen molar-refractivity contribution in [3.63, 3.8) is 0 Å². The van der Waals surface area contributed by atoms with Crippen LogP contribution in [0.3, 0.4) is 0 Å². The number of benzene rings is 2. The van der Waals surface area contributed by atoms with Crippen LogP contribution in [0.15, 0.2) is 67.0 Å². The molecule has 0 saturated heterocycles. The minimum Gasteiger partial charge on any atom is -0.320 e. The molecule has 0 fully saturated rings. The fourth-order valence-corrected chi connectivity index (χ4v) is 3.38. The Kier molecular flexibility index (Phi) is 6.24. The van der Waals surface area contributed by atoms with Crippen LogP contribution >= 0.6 is 0 Å². The zero-order valence-corrected chi connectivity index (χ0v) is 17.6. The van der Waals surface area contributed by atoms with Crippen LogP contribution in [0.5, 0.6) is 0 Å². The maximum Gasteiger partial charge on any atom is 0.435 e. The summed E-state index contributed by atoms with van der Waals surface area (Å²) in [4.78, 5) is 16.1. The lowest BCUT2D eigenvalue weighted by molar-refractivity contribution is -0.141. The van der Waals surface area contributed by atoms with Gasteiger partial charge in [-0.25, -0.2) is 13.5 Å². The van der Waals surface area contributed by atoms with Crippen LogP contribution in [0, 0.1) is 11.6 Å². The fraction of sp³-hybridized carbons (Fsp3) is 0.0870. The lowest BCUT2D eigenvalue weighted by atomic mass is 10.0. The number of nitrogens with one attached hydrogen (secondary N) is 1. The number of rotatable bonds is 4. The van der Waals surface area contributed by atoms with E-state index in [2.05, 4.69) is 15.4 Å². The highest BCUT2D eigenvalue weighted by Crippen LogP contribution is 2.34. The molecule has 0 aliphatic heterocycles. The normalized spacial score (nSPS) is 12.0. The van der Waals surface area contributed by atoms with Crippen LogP contribution in [-0.2, 0) is 12.4 Å². The number of amides is 1. The number of carbonyl (C=O) groups is 1. The molecule has 4 aromatic rings. The van der Waals surface area contributed by atoms with Gasteiger partial charge in [-0.2, -0.15) is 31.4 Å². The van der Waals surface area contributed by atoms with E-state index in [1.54, 1.807) is 0 Å². The molecule has 0 bridgehead atoms. The summed E-state index contributed by atoms with van der Waals surface area (Å²) in [5.41, 5.74) is -4.64. The zero-order chi connectivity index (χ0) is 26.3. The summed E-state index contributed by atoms with van der Waals surface area (Å²) < 4.78 is 108. The number of nitrogens with zero attached hydrogens (tertiary/aromatic N) is 3. The van der Waals surface area contributed by atoms with Gasteiger partial charge in [-0.05, 0) is 42.0 Å². The lowest BCUT2D eigenvalue weighted by Crippen LogP contribution is -2.20. The molecule has 0 unspecified atom stereocenters. The SMILES string of the molecule is O=C(Nc1ccccc1-c1cc(F)c(-n2ccc(C(F)(F)F)n2)c(F)c1)c1ncccc1C(F)(F)F. The van der Waals surface area contributed by atoms with E-state index in [-0.39, 0.29) is 16.8 Å². The molecule has 4 rings (SSSR count). The van der Waals surface area contributed by atoms with E-state index in [1.165, 1.54) is 24.3 Å². The highest BCUT2D eigenvalue weighted by molar-refractivity contribution is 6.06. The van der Waals surface area contributed by atoms with Crippen molar-refractivity contribution in [3.8, 4) is 16.8 Å². The third kappa shape index (κ3) is 4.90. The highest BCUT2D eigenvalue weighted by Gasteiger charge is 2.36. The first kappa shape index (κ1) is 24.8. The largest absolute Gasteiger partial charge is 0.435 e. The average Bonchev–Trinajstić information content (AvgIpc) is 3.29. The second-order valence-electron chi connectivity index (χ2n) is 7.33. The molecular formula is C23H12F8N4O. The van der Waals surface area contributed by atoms with Gasteiger partial charge >= 0.3 is 12.4 Å². The second-order valence-corrected chi connectivity index (χ2v) is 7.33. The predicted molar refractivity (Wildman–Crippen MR) is 111 cm³/mol. The number of hydrogen-bond acceptors (Lipinski definition) is 3. The Balaban J connectivity index is 1.70. The van der Waals surface area contributed by atoms with Crippen LogP contribution in [-0.4, -0.2) is 20.7 Å². The van der Waals surface area contributed by atoms with Crippen molar-refractivity contribution in [1.29, 1.82) is 0 Å². The summed E-state index contributed by atoms with van der Waals surface area (Å²) in [5, 5.41) is 5.40. The van der Waals surface area contributed by atoms with Gasteiger partial charge in [-0.3, -0.25) is 9.78 Å². The summed E-state index contributed by atoms with van der Waals surface area (Å²) in [6.07, 6.45) is -7.95. The van der Waals surface area contributed by atoms with E-state index in [9.17, 15) is 39.9 Å². The van der Waals surface area contributed by atoms with Crippen molar-refractivity contribution in [3.05, 3.63) is 95.6 Å². The number of halogens is 8. The van der Waals surface area contributed by atoms with E-state index >= 15 is 0 Å². The van der Waals surface area contributed by atoms with Gasteiger partial charge in [0.25, 0.3) is 5.91 Å². The summed E-state index contributed by atoms with van der Waals surface area (Å²) in [6, 6.07) is 9.31. The molecule has 2 heterocycles. The summed E-state index contributed by atoms with van der Waals surface area (Å²) in [7, 11) is 0. The zero-order valence-electron chi connectivity index (χ0n) is 17.6. The van der Waals surface area contributed by atoms with Crippen molar-refractivity contribution in [1.82, 2.24) is 14.8 Å². The van der Waals surface area contributed by atoms with E-state index in [0.29, 0.717) is 16.8 Å². The van der Waals surface area contributed by atoms with Crippen molar-refractivity contribution < 1.29 is 39.9 Å². The molecule has 1 amide bonds. The lowest BCUT2D eigenvalue weighted by Gasteiger charge is -2.15. The maximum absolute atomic E-state index is 14.8. The van der Waals surface area contributed by atoms with Gasteiger partial charge in [0.05, 0.1) is 5.56 Å². The molecule has 0 aliphatic rings. The Bertz CT molecular complexity index is 1420. The first-order valence-corrected chi connectivity index (χ1v) is 9.91. The molecular weight excluding hydrogens is 500 g/mol. The first-order valence-electron chi connectivity index (χ1n) is 9.91. The van der Waals surface area contributed by atoms with Gasteiger partial charge in [0, 0.05) is 23.6 Å². The molecule has 1 N–H and O–H groups in total. The average molecular weight is 512 g/mol. The van der Waals surface area contributed by atoms with E-state index < -0.39 is 52.5 Å². The highest BCUT2D eigenvalue weighted by atomic mass is 19.4. The summed E-state index contributed by atoms with van der Waals surface area (Å²) in [6.45, 7) is 0. The van der Waals surface area contributed by atoms with Gasteiger partial charge in [0.2, 0.25) is 0 Å². The molecule has 0 atom stereocenters. The Morgan fingerprint density at radius 1 is 0.861 bits per heavy atom. The van der Waals surface area contributed by atoms with E-state index in [1.807, 2.05) is 0 Å². The quantitative estimate of drug-likeness (QED) is 0.318. The molecule has 2 aromatic heterocycles. The van der Waals surface area contributed by atoms with Crippen LogP contribution < -0.4 is 5.32 Å². The van der Waals surface area contributed by atoms with Crippen LogP contribution in [0.2, 0.25) is 0 Å². The number of para-hydroxylation sites is 1. The Morgan fingerprint density at radius 2 is 1.53 bits per heavy atom. The Hall–Kier alpha value is -4.29. The molecule has 5 nitrogen and oxygen atoms in total. The number of anilines is 1. The number of carbonyl (C=O) groups excluding carboxylic acids is 1. The monoisotopic (exact) mass is 512 g/mol. The number of aromatic nitrogens is 3. The standard InChI is InChI=1S/C23H12F8N4O/c24-15-10-12(11-16(25)20(15)35-9-7-18(34-35)23(29,30)31)13-4-1-2-6-17(13)33-21(36)19-14(22(26,27)28)5-3-8-32-19/h1-11H,(H,33,36). The van der Waals surface area contributed by atoms with E-state index in [0.717, 1.165) is 30.6 Å². The number of alkyl halides is 6. The Labute approximate surface area is 197 Å². The van der Waals surface area contributed by atoms with Crippen LogP contribution in [0.1, 0.15) is 21.7 Å². The number of pyridine rings is 1. The van der Waals surface area contributed by atoms with E-state index in [4.69, 9.17) is 0 Å². The van der Waals surface area contributed by atoms with Gasteiger partial charge in [-0.15, -0.1) is 0 Å². The summed E-state index contributed by atoms with van der Waals surface area (Å²) >= 11 is 0. The van der Waals surface area contributed by atoms with Gasteiger partial charge in [0.15, 0.2) is 17.3 Å². The topological polar surface area (TPSA) is 59.8 Å². The molecule has 0 spiro atoms. The van der Waals surface area contributed by atoms with Crippen LogP contribution in [0.4, 0.5) is 40.8 Å². The van der Waals surface area contributed by atoms with Gasteiger partial charge < -0.3 is 5.32 Å².